The van der Waals surface area contributed by atoms with Crippen molar-refractivity contribution in [2.24, 2.45) is 5.41 Å². The van der Waals surface area contributed by atoms with E-state index in [2.05, 4.69) is 13.8 Å². The fourth-order valence-corrected chi connectivity index (χ4v) is 2.50. The van der Waals surface area contributed by atoms with Gasteiger partial charge in [-0.25, -0.2) is 4.39 Å². The minimum absolute atomic E-state index is 0.143. The molecule has 0 bridgehead atoms. The Morgan fingerprint density at radius 2 is 2.11 bits per heavy atom. The lowest BCUT2D eigenvalue weighted by atomic mass is 9.75. The number of halogens is 1. The first-order valence-corrected chi connectivity index (χ1v) is 6.49. The summed E-state index contributed by atoms with van der Waals surface area (Å²) in [6.45, 7) is 6.02. The van der Waals surface area contributed by atoms with Gasteiger partial charge in [-0.15, -0.1) is 0 Å². The number of aliphatic hydroxyl groups excluding tert-OH is 1. The third-order valence-corrected chi connectivity index (χ3v) is 3.73. The minimum atomic E-state index is -0.502. The highest BCUT2D eigenvalue weighted by molar-refractivity contribution is 5.30. The molecule has 2 unspecified atom stereocenters. The standard InChI is InChI=1S/C15H21FO2/c1-10-5-4-6-12(14(10)16)18-13-9-15(2,3)8-7-11(13)17/h4-6,11,13,17H,7-9H2,1-3H3. The van der Waals surface area contributed by atoms with Crippen molar-refractivity contribution < 1.29 is 14.2 Å². The second-order valence-electron chi connectivity index (χ2n) is 6.02. The van der Waals surface area contributed by atoms with Crippen LogP contribution < -0.4 is 4.74 Å². The van der Waals surface area contributed by atoms with Gasteiger partial charge < -0.3 is 9.84 Å². The third kappa shape index (κ3) is 2.83. The van der Waals surface area contributed by atoms with Crippen LogP contribution >= 0.6 is 0 Å². The Morgan fingerprint density at radius 1 is 1.39 bits per heavy atom. The zero-order chi connectivity index (χ0) is 13.3. The molecule has 1 aromatic rings. The highest BCUT2D eigenvalue weighted by Gasteiger charge is 2.35. The van der Waals surface area contributed by atoms with Crippen LogP contribution in [0, 0.1) is 18.2 Å². The van der Waals surface area contributed by atoms with Crippen LogP contribution in [0.3, 0.4) is 0 Å². The Bertz CT molecular complexity index is 429. The van der Waals surface area contributed by atoms with Crippen molar-refractivity contribution in [2.45, 2.75) is 52.2 Å². The Balaban J connectivity index is 2.15. The average Bonchev–Trinajstić information content (AvgIpc) is 2.29. The van der Waals surface area contributed by atoms with Crippen molar-refractivity contribution in [2.75, 3.05) is 0 Å². The molecule has 0 radical (unpaired) electrons. The van der Waals surface area contributed by atoms with E-state index in [0.29, 0.717) is 12.0 Å². The molecule has 0 aromatic heterocycles. The molecule has 0 heterocycles. The molecule has 2 rings (SSSR count). The van der Waals surface area contributed by atoms with Crippen molar-refractivity contribution in [1.82, 2.24) is 0 Å². The van der Waals surface area contributed by atoms with Crippen molar-refractivity contribution in [3.63, 3.8) is 0 Å². The van der Waals surface area contributed by atoms with E-state index >= 15 is 0 Å². The highest BCUT2D eigenvalue weighted by atomic mass is 19.1. The molecule has 18 heavy (non-hydrogen) atoms. The van der Waals surface area contributed by atoms with Gasteiger partial charge in [0.05, 0.1) is 6.10 Å². The summed E-state index contributed by atoms with van der Waals surface area (Å²) in [6.07, 6.45) is 1.62. The molecule has 1 saturated carbocycles. The quantitative estimate of drug-likeness (QED) is 0.873. The Labute approximate surface area is 108 Å². The number of rotatable bonds is 2. The molecule has 1 N–H and O–H groups in total. The molecular formula is C15H21FO2. The van der Waals surface area contributed by atoms with Crippen molar-refractivity contribution in [3.8, 4) is 5.75 Å². The Kier molecular flexibility index (Phi) is 3.62. The topological polar surface area (TPSA) is 29.5 Å². The molecule has 0 amide bonds. The SMILES string of the molecule is Cc1cccc(OC2CC(C)(C)CCC2O)c1F. The molecule has 0 spiro atoms. The second kappa shape index (κ2) is 4.88. The maximum atomic E-state index is 13.9. The van der Waals surface area contributed by atoms with Gasteiger partial charge in [-0.1, -0.05) is 26.0 Å². The summed E-state index contributed by atoms with van der Waals surface area (Å²) in [4.78, 5) is 0. The lowest BCUT2D eigenvalue weighted by Crippen LogP contribution is -2.41. The molecule has 2 nitrogen and oxygen atoms in total. The molecule has 1 aromatic carbocycles. The van der Waals surface area contributed by atoms with Gasteiger partial charge in [0.2, 0.25) is 0 Å². The van der Waals surface area contributed by atoms with E-state index in [-0.39, 0.29) is 23.1 Å². The van der Waals surface area contributed by atoms with E-state index in [9.17, 15) is 9.50 Å². The lowest BCUT2D eigenvalue weighted by molar-refractivity contribution is -0.0319. The number of aryl methyl sites for hydroxylation is 1. The van der Waals surface area contributed by atoms with Crippen LogP contribution in [0.4, 0.5) is 4.39 Å². The first kappa shape index (κ1) is 13.3. The van der Waals surface area contributed by atoms with Gasteiger partial charge in [0.25, 0.3) is 0 Å². The number of hydrogen-bond donors (Lipinski definition) is 1. The van der Waals surface area contributed by atoms with E-state index in [1.807, 2.05) is 0 Å². The fourth-order valence-electron chi connectivity index (χ4n) is 2.50. The van der Waals surface area contributed by atoms with Crippen LogP contribution in [0.2, 0.25) is 0 Å². The van der Waals surface area contributed by atoms with E-state index in [1.165, 1.54) is 0 Å². The maximum absolute atomic E-state index is 13.9. The molecule has 100 valence electrons. The molecule has 1 aliphatic carbocycles. The summed E-state index contributed by atoms with van der Waals surface area (Å²) < 4.78 is 19.6. The van der Waals surface area contributed by atoms with Crippen molar-refractivity contribution >= 4 is 0 Å². The number of aliphatic hydroxyl groups is 1. The van der Waals surface area contributed by atoms with Gasteiger partial charge in [0.15, 0.2) is 11.6 Å². The monoisotopic (exact) mass is 252 g/mol. The lowest BCUT2D eigenvalue weighted by Gasteiger charge is -2.38. The molecule has 0 aliphatic heterocycles. The minimum Gasteiger partial charge on any atom is -0.485 e. The van der Waals surface area contributed by atoms with Crippen LogP contribution in [0.25, 0.3) is 0 Å². The summed E-state index contributed by atoms with van der Waals surface area (Å²) in [7, 11) is 0. The Hall–Kier alpha value is -1.09. The smallest absolute Gasteiger partial charge is 0.167 e. The summed E-state index contributed by atoms with van der Waals surface area (Å²) in [5, 5.41) is 9.98. The fraction of sp³-hybridized carbons (Fsp3) is 0.600. The average molecular weight is 252 g/mol. The van der Waals surface area contributed by atoms with E-state index in [0.717, 1.165) is 12.8 Å². The summed E-state index contributed by atoms with van der Waals surface area (Å²) >= 11 is 0. The number of hydrogen-bond acceptors (Lipinski definition) is 2. The molecule has 0 saturated heterocycles. The van der Waals surface area contributed by atoms with Crippen molar-refractivity contribution in [1.29, 1.82) is 0 Å². The van der Waals surface area contributed by atoms with Gasteiger partial charge in [-0.05, 0) is 43.2 Å². The molecule has 1 fully saturated rings. The van der Waals surface area contributed by atoms with E-state index in [1.54, 1.807) is 25.1 Å². The van der Waals surface area contributed by atoms with Gasteiger partial charge in [-0.3, -0.25) is 0 Å². The van der Waals surface area contributed by atoms with Gasteiger partial charge in [0, 0.05) is 0 Å². The van der Waals surface area contributed by atoms with Crippen LogP contribution in [0.15, 0.2) is 18.2 Å². The highest BCUT2D eigenvalue weighted by Crippen LogP contribution is 2.37. The normalized spacial score (nSPS) is 26.9. The second-order valence-corrected chi connectivity index (χ2v) is 6.02. The largest absolute Gasteiger partial charge is 0.485 e. The van der Waals surface area contributed by atoms with Gasteiger partial charge >= 0.3 is 0 Å². The molecular weight excluding hydrogens is 231 g/mol. The summed E-state index contributed by atoms with van der Waals surface area (Å²) in [5.74, 6) is -0.0789. The summed E-state index contributed by atoms with van der Waals surface area (Å²) in [5.41, 5.74) is 0.710. The van der Waals surface area contributed by atoms with Crippen LogP contribution in [0.1, 0.15) is 38.7 Å². The van der Waals surface area contributed by atoms with Crippen LogP contribution in [-0.2, 0) is 0 Å². The van der Waals surface area contributed by atoms with Gasteiger partial charge in [0.1, 0.15) is 6.10 Å². The molecule has 2 atom stereocenters. The van der Waals surface area contributed by atoms with E-state index < -0.39 is 6.10 Å². The predicted molar refractivity (Wildman–Crippen MR) is 69.2 cm³/mol. The first-order valence-electron chi connectivity index (χ1n) is 6.49. The maximum Gasteiger partial charge on any atom is 0.167 e. The zero-order valence-corrected chi connectivity index (χ0v) is 11.2. The van der Waals surface area contributed by atoms with Crippen LogP contribution in [0.5, 0.6) is 5.75 Å². The number of benzene rings is 1. The van der Waals surface area contributed by atoms with Crippen LogP contribution in [-0.4, -0.2) is 17.3 Å². The number of ether oxygens (including phenoxy) is 1. The van der Waals surface area contributed by atoms with E-state index in [4.69, 9.17) is 4.74 Å². The van der Waals surface area contributed by atoms with Crippen molar-refractivity contribution in [3.05, 3.63) is 29.6 Å². The molecule has 1 aliphatic rings. The Morgan fingerprint density at radius 3 is 2.83 bits per heavy atom. The molecule has 3 heteroatoms. The summed E-state index contributed by atoms with van der Waals surface area (Å²) in [6, 6.07) is 5.11. The van der Waals surface area contributed by atoms with Gasteiger partial charge in [-0.2, -0.15) is 0 Å². The zero-order valence-electron chi connectivity index (χ0n) is 11.2. The third-order valence-electron chi connectivity index (χ3n) is 3.73. The predicted octanol–water partition coefficient (Wildman–Crippen LogP) is 3.45. The first-order chi connectivity index (χ1) is 8.39.